The number of aliphatic imine (C=N–C) groups is 1. The number of methoxy groups -OCH3 is 1. The van der Waals surface area contributed by atoms with Crippen molar-refractivity contribution in [3.8, 4) is 5.75 Å². The zero-order chi connectivity index (χ0) is 24.0. The number of nitrogens with zero attached hydrogens (tertiary/aromatic N) is 2. The van der Waals surface area contributed by atoms with Crippen LogP contribution in [0.1, 0.15) is 11.3 Å². The van der Waals surface area contributed by atoms with E-state index < -0.39 is 0 Å². The number of rotatable bonds is 7. The molecule has 1 fully saturated rings. The van der Waals surface area contributed by atoms with Gasteiger partial charge in [0.05, 0.1) is 24.2 Å². The maximum atomic E-state index is 13.4. The lowest BCUT2D eigenvalue weighted by atomic mass is 10.2. The molecule has 0 N–H and O–H groups in total. The van der Waals surface area contributed by atoms with Crippen molar-refractivity contribution in [3.63, 3.8) is 0 Å². The molecule has 1 aliphatic heterocycles. The lowest BCUT2D eigenvalue weighted by Gasteiger charge is -2.16. The summed E-state index contributed by atoms with van der Waals surface area (Å²) in [6.07, 6.45) is 1.79. The van der Waals surface area contributed by atoms with Crippen LogP contribution in [0.4, 0.5) is 5.69 Å². The normalized spacial score (nSPS) is 15.8. The summed E-state index contributed by atoms with van der Waals surface area (Å²) in [6, 6.07) is 31.2. The zero-order valence-corrected chi connectivity index (χ0v) is 20.6. The minimum absolute atomic E-state index is 0.103. The molecule has 0 radical (unpaired) electrons. The third-order valence-corrected chi connectivity index (χ3v) is 7.14. The molecule has 0 spiro atoms. The molecule has 174 valence electrons. The Balaban J connectivity index is 1.41. The molecule has 0 bridgehead atoms. The van der Waals surface area contributed by atoms with E-state index in [1.165, 1.54) is 11.8 Å². The largest absolute Gasteiger partial charge is 0.497 e. The first-order valence-corrected chi connectivity index (χ1v) is 12.6. The molecule has 1 aromatic heterocycles. The van der Waals surface area contributed by atoms with Crippen LogP contribution in [0.25, 0.3) is 6.08 Å². The Morgan fingerprint density at radius 1 is 0.943 bits per heavy atom. The highest BCUT2D eigenvalue weighted by Gasteiger charge is 2.33. The van der Waals surface area contributed by atoms with Gasteiger partial charge in [-0.1, -0.05) is 60.3 Å². The van der Waals surface area contributed by atoms with Crippen LogP contribution in [0.5, 0.6) is 5.75 Å². The van der Waals surface area contributed by atoms with Gasteiger partial charge in [-0.2, -0.15) is 0 Å². The molecule has 1 aliphatic rings. The van der Waals surface area contributed by atoms with E-state index in [9.17, 15) is 4.79 Å². The standard InChI is InChI=1S/C28H22N2O3S2/c1-32-22-14-12-20(13-15-22)19-30-27(31)25(35-28(30)29-21-8-4-2-5-9-21)18-23-16-17-26(33-23)34-24-10-6-3-7-11-24/h2-18H,19H2,1H3. The van der Waals surface area contributed by atoms with E-state index in [2.05, 4.69) is 0 Å². The van der Waals surface area contributed by atoms with Crippen molar-refractivity contribution in [2.75, 3.05) is 7.11 Å². The molecular formula is C28H22N2O3S2. The number of furan rings is 1. The number of thioether (sulfide) groups is 1. The average molecular weight is 499 g/mol. The number of hydrogen-bond donors (Lipinski definition) is 0. The second kappa shape index (κ2) is 10.7. The van der Waals surface area contributed by atoms with Gasteiger partial charge in [0.1, 0.15) is 11.5 Å². The van der Waals surface area contributed by atoms with Gasteiger partial charge in [0.2, 0.25) is 0 Å². The van der Waals surface area contributed by atoms with Crippen molar-refractivity contribution in [1.29, 1.82) is 0 Å². The lowest BCUT2D eigenvalue weighted by Crippen LogP contribution is -2.28. The molecule has 5 rings (SSSR count). The van der Waals surface area contributed by atoms with E-state index in [4.69, 9.17) is 14.1 Å². The van der Waals surface area contributed by atoms with Gasteiger partial charge in [0.25, 0.3) is 5.91 Å². The Hall–Kier alpha value is -3.68. The maximum absolute atomic E-state index is 13.4. The van der Waals surface area contributed by atoms with E-state index in [1.807, 2.05) is 97.1 Å². The van der Waals surface area contributed by atoms with Crippen LogP contribution >= 0.6 is 23.5 Å². The first kappa shape index (κ1) is 23.1. The Kier molecular flexibility index (Phi) is 7.07. The summed E-state index contributed by atoms with van der Waals surface area (Å²) in [4.78, 5) is 21.5. The molecule has 0 saturated carbocycles. The van der Waals surface area contributed by atoms with E-state index in [0.29, 0.717) is 22.4 Å². The van der Waals surface area contributed by atoms with E-state index in [0.717, 1.165) is 27.0 Å². The van der Waals surface area contributed by atoms with Gasteiger partial charge in [0, 0.05) is 11.0 Å². The molecule has 7 heteroatoms. The summed E-state index contributed by atoms with van der Waals surface area (Å²) >= 11 is 2.90. The molecule has 5 nitrogen and oxygen atoms in total. The lowest BCUT2D eigenvalue weighted by molar-refractivity contribution is -0.122. The fourth-order valence-electron chi connectivity index (χ4n) is 3.46. The second-order valence-corrected chi connectivity index (χ2v) is 9.74. The van der Waals surface area contributed by atoms with Crippen LogP contribution < -0.4 is 4.74 Å². The van der Waals surface area contributed by atoms with Crippen LogP contribution in [-0.2, 0) is 11.3 Å². The van der Waals surface area contributed by atoms with Crippen LogP contribution in [0.2, 0.25) is 0 Å². The molecule has 2 heterocycles. The quantitative estimate of drug-likeness (QED) is 0.251. The summed E-state index contributed by atoms with van der Waals surface area (Å²) in [7, 11) is 1.63. The number of hydrogen-bond acceptors (Lipinski definition) is 6. The molecule has 0 unspecified atom stereocenters. The Bertz CT molecular complexity index is 1360. The van der Waals surface area contributed by atoms with Crippen LogP contribution in [-0.4, -0.2) is 23.1 Å². The minimum Gasteiger partial charge on any atom is -0.497 e. The van der Waals surface area contributed by atoms with Crippen molar-refractivity contribution < 1.29 is 13.9 Å². The first-order valence-electron chi connectivity index (χ1n) is 11.0. The Morgan fingerprint density at radius 2 is 1.66 bits per heavy atom. The molecular weight excluding hydrogens is 476 g/mol. The number of carbonyl (C=O) groups is 1. The first-order chi connectivity index (χ1) is 17.2. The second-order valence-electron chi connectivity index (χ2n) is 7.65. The number of amides is 1. The van der Waals surface area contributed by atoms with E-state index >= 15 is 0 Å². The fraction of sp³-hybridized carbons (Fsp3) is 0.0714. The third-order valence-electron chi connectivity index (χ3n) is 5.21. The Morgan fingerprint density at radius 3 is 2.37 bits per heavy atom. The maximum Gasteiger partial charge on any atom is 0.267 e. The van der Waals surface area contributed by atoms with Crippen LogP contribution in [0.3, 0.4) is 0 Å². The monoisotopic (exact) mass is 498 g/mol. The minimum atomic E-state index is -0.103. The van der Waals surface area contributed by atoms with Gasteiger partial charge in [-0.25, -0.2) is 4.99 Å². The highest BCUT2D eigenvalue weighted by atomic mass is 32.2. The number of amidine groups is 1. The van der Waals surface area contributed by atoms with Crippen molar-refractivity contribution >= 4 is 46.4 Å². The predicted molar refractivity (Wildman–Crippen MR) is 142 cm³/mol. The van der Waals surface area contributed by atoms with Gasteiger partial charge in [-0.05, 0) is 65.9 Å². The topological polar surface area (TPSA) is 55.0 Å². The van der Waals surface area contributed by atoms with Crippen LogP contribution in [0.15, 0.2) is 121 Å². The van der Waals surface area contributed by atoms with Crippen LogP contribution in [0, 0.1) is 0 Å². The summed E-state index contributed by atoms with van der Waals surface area (Å²) in [5.74, 6) is 1.30. The van der Waals surface area contributed by atoms with Crippen molar-refractivity contribution in [2.24, 2.45) is 4.99 Å². The van der Waals surface area contributed by atoms with E-state index in [1.54, 1.807) is 29.8 Å². The van der Waals surface area contributed by atoms with Crippen molar-refractivity contribution in [3.05, 3.63) is 113 Å². The fourth-order valence-corrected chi connectivity index (χ4v) is 5.24. The number of ether oxygens (including phenoxy) is 1. The summed E-state index contributed by atoms with van der Waals surface area (Å²) in [6.45, 7) is 0.409. The highest BCUT2D eigenvalue weighted by molar-refractivity contribution is 8.18. The van der Waals surface area contributed by atoms with Crippen molar-refractivity contribution in [1.82, 2.24) is 4.90 Å². The van der Waals surface area contributed by atoms with Gasteiger partial charge in [-0.3, -0.25) is 9.69 Å². The molecule has 4 aromatic rings. The smallest absolute Gasteiger partial charge is 0.267 e. The number of benzene rings is 3. The summed E-state index contributed by atoms with van der Waals surface area (Å²) in [5.41, 5.74) is 1.78. The molecule has 3 aromatic carbocycles. The molecule has 0 aliphatic carbocycles. The average Bonchev–Trinajstić information content (AvgIpc) is 3.45. The summed E-state index contributed by atoms with van der Waals surface area (Å²) in [5, 5.41) is 1.40. The molecule has 35 heavy (non-hydrogen) atoms. The number of para-hydroxylation sites is 1. The third kappa shape index (κ3) is 5.70. The van der Waals surface area contributed by atoms with Gasteiger partial charge in [0.15, 0.2) is 10.3 Å². The van der Waals surface area contributed by atoms with Gasteiger partial charge < -0.3 is 9.15 Å². The van der Waals surface area contributed by atoms with Gasteiger partial charge in [-0.15, -0.1) is 0 Å². The molecule has 1 amide bonds. The van der Waals surface area contributed by atoms with E-state index in [-0.39, 0.29) is 5.91 Å². The van der Waals surface area contributed by atoms with Gasteiger partial charge >= 0.3 is 0 Å². The molecule has 1 saturated heterocycles. The highest BCUT2D eigenvalue weighted by Crippen LogP contribution is 2.36. The summed E-state index contributed by atoms with van der Waals surface area (Å²) < 4.78 is 11.2. The SMILES string of the molecule is COc1ccc(CN2C(=O)C(=Cc3ccc(Sc4ccccc4)o3)SC2=Nc2ccccc2)cc1. The Labute approximate surface area is 212 Å². The zero-order valence-electron chi connectivity index (χ0n) is 19.0. The number of carbonyl (C=O) groups excluding carboxylic acids is 1. The predicted octanol–water partition coefficient (Wildman–Crippen LogP) is 7.24. The molecule has 0 atom stereocenters. The van der Waals surface area contributed by atoms with Crippen molar-refractivity contribution in [2.45, 2.75) is 16.5 Å².